The maximum atomic E-state index is 4.89. The fourth-order valence-electron chi connectivity index (χ4n) is 2.65. The van der Waals surface area contributed by atoms with Crippen molar-refractivity contribution in [3.8, 4) is 0 Å². The van der Waals surface area contributed by atoms with Crippen LogP contribution in [-0.2, 0) is 13.1 Å². The maximum Gasteiger partial charge on any atom is 0.194 e. The van der Waals surface area contributed by atoms with E-state index in [1.807, 2.05) is 26.2 Å². The number of hydrogen-bond donors (Lipinski definition) is 1. The van der Waals surface area contributed by atoms with Crippen molar-refractivity contribution < 1.29 is 4.52 Å². The molecule has 9 heteroatoms. The second-order valence-corrected chi connectivity index (χ2v) is 6.82. The second kappa shape index (κ2) is 9.33. The molecule has 0 atom stereocenters. The summed E-state index contributed by atoms with van der Waals surface area (Å²) < 4.78 is 4.89. The smallest absolute Gasteiger partial charge is 0.194 e. The molecule has 0 aliphatic carbocycles. The van der Waals surface area contributed by atoms with Crippen LogP contribution < -0.4 is 5.32 Å². The molecular formula is C15H23IN6OS. The molecule has 1 fully saturated rings. The van der Waals surface area contributed by atoms with Crippen molar-refractivity contribution in [1.82, 2.24) is 25.3 Å². The summed E-state index contributed by atoms with van der Waals surface area (Å²) in [4.78, 5) is 14.6. The summed E-state index contributed by atoms with van der Waals surface area (Å²) in [6.07, 6.45) is 3.55. The van der Waals surface area contributed by atoms with E-state index in [1.54, 1.807) is 17.6 Å². The molecule has 132 valence electrons. The van der Waals surface area contributed by atoms with E-state index in [0.717, 1.165) is 55.9 Å². The topological polar surface area (TPSA) is 69.8 Å². The van der Waals surface area contributed by atoms with Crippen molar-refractivity contribution in [1.29, 1.82) is 0 Å². The van der Waals surface area contributed by atoms with E-state index in [1.165, 1.54) is 4.88 Å². The molecule has 2 aromatic heterocycles. The van der Waals surface area contributed by atoms with Gasteiger partial charge in [-0.05, 0) is 6.92 Å². The van der Waals surface area contributed by atoms with Crippen molar-refractivity contribution in [2.24, 2.45) is 4.99 Å². The van der Waals surface area contributed by atoms with Crippen LogP contribution in [0.5, 0.6) is 0 Å². The number of thiazole rings is 1. The van der Waals surface area contributed by atoms with Crippen LogP contribution in [0.15, 0.2) is 28.0 Å². The van der Waals surface area contributed by atoms with Gasteiger partial charge in [0.05, 0.1) is 17.2 Å². The van der Waals surface area contributed by atoms with Crippen LogP contribution in [0.4, 0.5) is 0 Å². The van der Waals surface area contributed by atoms with Crippen LogP contribution in [-0.4, -0.2) is 59.1 Å². The summed E-state index contributed by atoms with van der Waals surface area (Å²) in [5, 5.41) is 8.50. The minimum atomic E-state index is 0. The Morgan fingerprint density at radius 1 is 1.38 bits per heavy atom. The number of halogens is 1. The molecule has 0 spiro atoms. The number of aryl methyl sites for hydroxylation is 1. The highest BCUT2D eigenvalue weighted by Gasteiger charge is 2.20. The predicted molar refractivity (Wildman–Crippen MR) is 106 cm³/mol. The third kappa shape index (κ3) is 5.15. The lowest BCUT2D eigenvalue weighted by molar-refractivity contribution is 0.169. The molecule has 0 aromatic carbocycles. The molecule has 0 bridgehead atoms. The third-order valence-corrected chi connectivity index (χ3v) is 4.76. The standard InChI is InChI=1S/C15H22N6OS.HI/c1-12-17-9-14(23-12)10-18-15(16-2)21-6-4-20(5-7-21)11-13-3-8-22-19-13;/h3,8-9H,4-7,10-11H2,1-2H3,(H,16,18);1H. The predicted octanol–water partition coefficient (Wildman–Crippen LogP) is 1.95. The van der Waals surface area contributed by atoms with Crippen molar-refractivity contribution in [2.75, 3.05) is 33.2 Å². The molecule has 0 amide bonds. The van der Waals surface area contributed by atoms with Crippen LogP contribution in [0.25, 0.3) is 0 Å². The zero-order chi connectivity index (χ0) is 16.1. The minimum absolute atomic E-state index is 0. The number of guanidine groups is 1. The van der Waals surface area contributed by atoms with Gasteiger partial charge in [-0.25, -0.2) is 4.98 Å². The summed E-state index contributed by atoms with van der Waals surface area (Å²) in [6, 6.07) is 1.92. The zero-order valence-corrected chi connectivity index (χ0v) is 17.1. The molecule has 0 unspecified atom stereocenters. The molecular weight excluding hydrogens is 439 g/mol. The lowest BCUT2D eigenvalue weighted by atomic mass is 10.3. The van der Waals surface area contributed by atoms with Crippen LogP contribution in [0.2, 0.25) is 0 Å². The fraction of sp³-hybridized carbons (Fsp3) is 0.533. The van der Waals surface area contributed by atoms with Crippen LogP contribution in [0.3, 0.4) is 0 Å². The quantitative estimate of drug-likeness (QED) is 0.426. The average Bonchev–Trinajstić information content (AvgIpc) is 3.21. The van der Waals surface area contributed by atoms with Gasteiger partial charge in [0, 0.05) is 56.9 Å². The highest BCUT2D eigenvalue weighted by molar-refractivity contribution is 14.0. The first-order valence-electron chi connectivity index (χ1n) is 7.73. The lowest BCUT2D eigenvalue weighted by Crippen LogP contribution is -2.52. The summed E-state index contributed by atoms with van der Waals surface area (Å²) in [7, 11) is 1.84. The molecule has 7 nitrogen and oxygen atoms in total. The van der Waals surface area contributed by atoms with Crippen LogP contribution in [0.1, 0.15) is 15.6 Å². The van der Waals surface area contributed by atoms with Gasteiger partial charge < -0.3 is 14.7 Å². The maximum absolute atomic E-state index is 4.89. The Kier molecular flexibility index (Phi) is 7.43. The Labute approximate surface area is 163 Å². The van der Waals surface area contributed by atoms with Gasteiger partial charge in [0.1, 0.15) is 6.26 Å². The number of rotatable bonds is 4. The van der Waals surface area contributed by atoms with Crippen molar-refractivity contribution in [3.05, 3.63) is 34.1 Å². The molecule has 1 aliphatic heterocycles. The molecule has 0 saturated carbocycles. The fourth-order valence-corrected chi connectivity index (χ4v) is 3.39. The summed E-state index contributed by atoms with van der Waals surface area (Å²) in [5.41, 5.74) is 0.988. The van der Waals surface area contributed by atoms with Crippen molar-refractivity contribution in [3.63, 3.8) is 0 Å². The first-order valence-corrected chi connectivity index (χ1v) is 8.55. The van der Waals surface area contributed by atoms with E-state index in [4.69, 9.17) is 4.52 Å². The number of aliphatic imine (C=N–C) groups is 1. The van der Waals surface area contributed by atoms with E-state index in [-0.39, 0.29) is 24.0 Å². The minimum Gasteiger partial charge on any atom is -0.364 e. The summed E-state index contributed by atoms with van der Waals surface area (Å²) in [6.45, 7) is 7.55. The Hall–Kier alpha value is -1.20. The summed E-state index contributed by atoms with van der Waals surface area (Å²) in [5.74, 6) is 0.956. The van der Waals surface area contributed by atoms with Gasteiger partial charge >= 0.3 is 0 Å². The van der Waals surface area contributed by atoms with E-state index in [0.29, 0.717) is 0 Å². The highest BCUT2D eigenvalue weighted by Crippen LogP contribution is 2.11. The molecule has 3 heterocycles. The average molecular weight is 462 g/mol. The monoisotopic (exact) mass is 462 g/mol. The van der Waals surface area contributed by atoms with Gasteiger partial charge in [-0.1, -0.05) is 5.16 Å². The van der Waals surface area contributed by atoms with Gasteiger partial charge in [0.15, 0.2) is 5.96 Å². The zero-order valence-electron chi connectivity index (χ0n) is 13.9. The number of nitrogens with zero attached hydrogens (tertiary/aromatic N) is 5. The Morgan fingerprint density at radius 2 is 2.17 bits per heavy atom. The Morgan fingerprint density at radius 3 is 2.75 bits per heavy atom. The molecule has 1 N–H and O–H groups in total. The lowest BCUT2D eigenvalue weighted by Gasteiger charge is -2.36. The van der Waals surface area contributed by atoms with Crippen molar-refractivity contribution in [2.45, 2.75) is 20.0 Å². The van der Waals surface area contributed by atoms with Gasteiger partial charge in [0.2, 0.25) is 0 Å². The van der Waals surface area contributed by atoms with Gasteiger partial charge in [-0.2, -0.15) is 0 Å². The number of piperazine rings is 1. The van der Waals surface area contributed by atoms with Crippen molar-refractivity contribution >= 4 is 41.3 Å². The highest BCUT2D eigenvalue weighted by atomic mass is 127. The molecule has 0 radical (unpaired) electrons. The first kappa shape index (κ1) is 19.1. The van der Waals surface area contributed by atoms with Gasteiger partial charge in [-0.15, -0.1) is 35.3 Å². The molecule has 3 rings (SSSR count). The molecule has 1 saturated heterocycles. The largest absolute Gasteiger partial charge is 0.364 e. The normalized spacial score (nSPS) is 16.1. The van der Waals surface area contributed by atoms with E-state index >= 15 is 0 Å². The third-order valence-electron chi connectivity index (χ3n) is 3.85. The summed E-state index contributed by atoms with van der Waals surface area (Å²) >= 11 is 1.72. The van der Waals surface area contributed by atoms with E-state index < -0.39 is 0 Å². The van der Waals surface area contributed by atoms with E-state index in [9.17, 15) is 0 Å². The second-order valence-electron chi connectivity index (χ2n) is 5.50. The SMILES string of the molecule is CN=C(NCc1cnc(C)s1)N1CCN(Cc2ccon2)CC1.I. The number of nitrogens with one attached hydrogen (secondary N) is 1. The molecule has 2 aromatic rings. The van der Waals surface area contributed by atoms with E-state index in [2.05, 4.69) is 30.2 Å². The van der Waals surface area contributed by atoms with Gasteiger partial charge in [-0.3, -0.25) is 9.89 Å². The Balaban J connectivity index is 0.00000208. The van der Waals surface area contributed by atoms with Gasteiger partial charge in [0.25, 0.3) is 0 Å². The molecule has 24 heavy (non-hydrogen) atoms. The molecule has 1 aliphatic rings. The van der Waals surface area contributed by atoms with Crippen LogP contribution >= 0.6 is 35.3 Å². The first-order chi connectivity index (χ1) is 11.2. The van der Waals surface area contributed by atoms with Crippen LogP contribution in [0, 0.1) is 6.92 Å². The number of aromatic nitrogens is 2. The Bertz CT molecular complexity index is 636. The number of hydrogen-bond acceptors (Lipinski definition) is 6.